The van der Waals surface area contributed by atoms with Crippen LogP contribution in [0.1, 0.15) is 43.2 Å². The minimum Gasteiger partial charge on any atom is -0.370 e. The molecule has 116 valence electrons. The molecule has 0 heterocycles. The van der Waals surface area contributed by atoms with Gasteiger partial charge in [0.1, 0.15) is 5.60 Å². The largest absolute Gasteiger partial charge is 0.416 e. The van der Waals surface area contributed by atoms with Crippen molar-refractivity contribution in [2.45, 2.75) is 50.3 Å². The molecule has 1 aromatic rings. The van der Waals surface area contributed by atoms with Crippen LogP contribution >= 0.6 is 0 Å². The highest BCUT2D eigenvalue weighted by Crippen LogP contribution is 2.34. The average Bonchev–Trinajstić information content (AvgIpc) is 2.47. The molecule has 1 aliphatic carbocycles. The van der Waals surface area contributed by atoms with Crippen molar-refractivity contribution < 1.29 is 22.7 Å². The number of carbonyl (C=O) groups is 1. The standard InChI is InChI=1S/C16H19F3O2/c1-21-15(8-3-2-4-9-15)14(20)11-12-6-5-7-13(10-12)16(17,18)19/h5-7,10H,2-4,8-9,11H2,1H3. The molecule has 0 radical (unpaired) electrons. The van der Waals surface area contributed by atoms with Crippen LogP contribution in [0.25, 0.3) is 0 Å². The number of halogens is 3. The van der Waals surface area contributed by atoms with E-state index < -0.39 is 17.3 Å². The van der Waals surface area contributed by atoms with Crippen molar-refractivity contribution in [3.63, 3.8) is 0 Å². The molecule has 0 spiro atoms. The molecule has 21 heavy (non-hydrogen) atoms. The predicted octanol–water partition coefficient (Wildman–Crippen LogP) is 4.17. The van der Waals surface area contributed by atoms with Gasteiger partial charge in [0.05, 0.1) is 5.56 Å². The summed E-state index contributed by atoms with van der Waals surface area (Å²) in [6.07, 6.45) is -0.185. The maximum Gasteiger partial charge on any atom is 0.416 e. The molecule has 0 atom stereocenters. The van der Waals surface area contributed by atoms with Gasteiger partial charge < -0.3 is 4.74 Å². The van der Waals surface area contributed by atoms with Gasteiger partial charge >= 0.3 is 6.18 Å². The van der Waals surface area contributed by atoms with Crippen LogP contribution in [0.4, 0.5) is 13.2 Å². The summed E-state index contributed by atoms with van der Waals surface area (Å²) in [6, 6.07) is 4.95. The maximum atomic E-state index is 12.7. The predicted molar refractivity (Wildman–Crippen MR) is 73.0 cm³/mol. The lowest BCUT2D eigenvalue weighted by molar-refractivity contribution is -0.144. The summed E-state index contributed by atoms with van der Waals surface area (Å²) in [4.78, 5) is 12.5. The zero-order valence-corrected chi connectivity index (χ0v) is 12.0. The summed E-state index contributed by atoms with van der Waals surface area (Å²) in [5.41, 5.74) is -1.15. The summed E-state index contributed by atoms with van der Waals surface area (Å²) in [5, 5.41) is 0. The molecule has 1 fully saturated rings. The summed E-state index contributed by atoms with van der Waals surface area (Å²) < 4.78 is 43.5. The molecule has 0 amide bonds. The third-order valence-corrected chi connectivity index (χ3v) is 4.18. The second kappa shape index (κ2) is 6.18. The number of ketones is 1. The fraction of sp³-hybridized carbons (Fsp3) is 0.562. The van der Waals surface area contributed by atoms with Crippen molar-refractivity contribution in [3.05, 3.63) is 35.4 Å². The molecule has 0 N–H and O–H groups in total. The lowest BCUT2D eigenvalue weighted by Gasteiger charge is -2.34. The number of ether oxygens (including phenoxy) is 1. The number of rotatable bonds is 4. The smallest absolute Gasteiger partial charge is 0.370 e. The first-order valence-corrected chi connectivity index (χ1v) is 7.12. The van der Waals surface area contributed by atoms with Gasteiger partial charge in [0.25, 0.3) is 0 Å². The van der Waals surface area contributed by atoms with Crippen molar-refractivity contribution >= 4 is 5.78 Å². The van der Waals surface area contributed by atoms with E-state index in [0.717, 1.165) is 31.4 Å². The van der Waals surface area contributed by atoms with Gasteiger partial charge in [-0.3, -0.25) is 4.79 Å². The molecule has 0 saturated heterocycles. The molecule has 1 saturated carbocycles. The molecule has 0 aliphatic heterocycles. The number of benzene rings is 1. The Morgan fingerprint density at radius 3 is 2.48 bits per heavy atom. The van der Waals surface area contributed by atoms with Gasteiger partial charge in [0.15, 0.2) is 5.78 Å². The summed E-state index contributed by atoms with van der Waals surface area (Å²) in [5.74, 6) is -0.121. The summed E-state index contributed by atoms with van der Waals surface area (Å²) in [7, 11) is 1.51. The van der Waals surface area contributed by atoms with E-state index in [2.05, 4.69) is 0 Å². The van der Waals surface area contributed by atoms with Crippen molar-refractivity contribution in [2.24, 2.45) is 0 Å². The molecule has 1 aliphatic rings. The third kappa shape index (κ3) is 3.64. The minimum absolute atomic E-state index is 0.0161. The topological polar surface area (TPSA) is 26.3 Å². The highest BCUT2D eigenvalue weighted by Gasteiger charge is 2.39. The van der Waals surface area contributed by atoms with Crippen LogP contribution in [-0.4, -0.2) is 18.5 Å². The maximum absolute atomic E-state index is 12.7. The fourth-order valence-electron chi connectivity index (χ4n) is 2.92. The second-order valence-electron chi connectivity index (χ2n) is 5.56. The molecule has 1 aromatic carbocycles. The quantitative estimate of drug-likeness (QED) is 0.834. The highest BCUT2D eigenvalue weighted by molar-refractivity contribution is 5.89. The van der Waals surface area contributed by atoms with E-state index in [1.165, 1.54) is 13.2 Å². The normalized spacial score (nSPS) is 18.5. The minimum atomic E-state index is -4.39. The van der Waals surface area contributed by atoms with Crippen LogP contribution < -0.4 is 0 Å². The number of carbonyl (C=O) groups excluding carboxylic acids is 1. The molecule has 0 unspecified atom stereocenters. The van der Waals surface area contributed by atoms with E-state index in [1.54, 1.807) is 6.07 Å². The third-order valence-electron chi connectivity index (χ3n) is 4.18. The Balaban J connectivity index is 2.15. The van der Waals surface area contributed by atoms with Crippen molar-refractivity contribution in [1.29, 1.82) is 0 Å². The summed E-state index contributed by atoms with van der Waals surface area (Å²) in [6.45, 7) is 0. The summed E-state index contributed by atoms with van der Waals surface area (Å²) >= 11 is 0. The number of Topliss-reactive ketones (excluding diaryl/α,β-unsaturated/α-hetero) is 1. The van der Waals surface area contributed by atoms with Gasteiger partial charge in [0.2, 0.25) is 0 Å². The highest BCUT2D eigenvalue weighted by atomic mass is 19.4. The van der Waals surface area contributed by atoms with Gasteiger partial charge in [-0.25, -0.2) is 0 Å². The number of hydrogen-bond acceptors (Lipinski definition) is 2. The monoisotopic (exact) mass is 300 g/mol. The first-order valence-electron chi connectivity index (χ1n) is 7.12. The van der Waals surface area contributed by atoms with Gasteiger partial charge in [-0.2, -0.15) is 13.2 Å². The number of alkyl halides is 3. The Labute approximate surface area is 122 Å². The lowest BCUT2D eigenvalue weighted by Crippen LogP contribution is -2.43. The zero-order chi connectivity index (χ0) is 15.5. The molecular weight excluding hydrogens is 281 g/mol. The Kier molecular flexibility index (Phi) is 4.71. The van der Waals surface area contributed by atoms with E-state index >= 15 is 0 Å². The van der Waals surface area contributed by atoms with Crippen LogP contribution in [0, 0.1) is 0 Å². The van der Waals surface area contributed by atoms with Gasteiger partial charge in [-0.15, -0.1) is 0 Å². The van der Waals surface area contributed by atoms with Gasteiger partial charge in [-0.1, -0.05) is 37.5 Å². The van der Waals surface area contributed by atoms with Crippen molar-refractivity contribution in [1.82, 2.24) is 0 Å². The number of methoxy groups -OCH3 is 1. The van der Waals surface area contributed by atoms with E-state index in [1.807, 2.05) is 0 Å². The SMILES string of the molecule is COC1(C(=O)Cc2cccc(C(F)(F)F)c2)CCCCC1. The molecular formula is C16H19F3O2. The second-order valence-corrected chi connectivity index (χ2v) is 5.56. The Morgan fingerprint density at radius 2 is 1.90 bits per heavy atom. The van der Waals surface area contributed by atoms with Crippen LogP contribution in [0.2, 0.25) is 0 Å². The van der Waals surface area contributed by atoms with E-state index in [9.17, 15) is 18.0 Å². The van der Waals surface area contributed by atoms with Crippen LogP contribution in [0.15, 0.2) is 24.3 Å². The van der Waals surface area contributed by atoms with E-state index in [4.69, 9.17) is 4.74 Å². The van der Waals surface area contributed by atoms with Gasteiger partial charge in [-0.05, 0) is 24.5 Å². The molecule has 0 aromatic heterocycles. The first kappa shape index (κ1) is 16.0. The number of hydrogen-bond donors (Lipinski definition) is 0. The van der Waals surface area contributed by atoms with Crippen molar-refractivity contribution in [3.8, 4) is 0 Å². The Morgan fingerprint density at radius 1 is 1.24 bits per heavy atom. The van der Waals surface area contributed by atoms with E-state index in [-0.39, 0.29) is 12.2 Å². The first-order chi connectivity index (χ1) is 9.87. The van der Waals surface area contributed by atoms with Crippen LogP contribution in [-0.2, 0) is 22.1 Å². The Hall–Kier alpha value is -1.36. The fourth-order valence-corrected chi connectivity index (χ4v) is 2.92. The van der Waals surface area contributed by atoms with Crippen LogP contribution in [0.5, 0.6) is 0 Å². The molecule has 0 bridgehead atoms. The van der Waals surface area contributed by atoms with Crippen molar-refractivity contribution in [2.75, 3.05) is 7.11 Å². The van der Waals surface area contributed by atoms with E-state index in [0.29, 0.717) is 18.4 Å². The lowest BCUT2D eigenvalue weighted by atomic mass is 9.79. The van der Waals surface area contributed by atoms with Crippen LogP contribution in [0.3, 0.4) is 0 Å². The average molecular weight is 300 g/mol. The Bertz CT molecular complexity index is 502. The zero-order valence-electron chi connectivity index (χ0n) is 12.0. The molecule has 2 nitrogen and oxygen atoms in total. The molecule has 2 rings (SSSR count). The van der Waals surface area contributed by atoms with Gasteiger partial charge in [0, 0.05) is 13.5 Å². The molecule has 5 heteroatoms.